The summed E-state index contributed by atoms with van der Waals surface area (Å²) in [5.74, 6) is 1.27. The molecular formula is C11H22N2O. The van der Waals surface area contributed by atoms with Crippen LogP contribution in [-0.4, -0.2) is 30.1 Å². The molecule has 1 amide bonds. The second-order valence-corrected chi connectivity index (χ2v) is 4.66. The van der Waals surface area contributed by atoms with E-state index < -0.39 is 0 Å². The van der Waals surface area contributed by atoms with Crippen LogP contribution in [0.4, 0.5) is 0 Å². The Morgan fingerprint density at radius 1 is 1.50 bits per heavy atom. The molecule has 1 aliphatic rings. The number of nitrogens with zero attached hydrogens (tertiary/aromatic N) is 1. The first-order valence-electron chi connectivity index (χ1n) is 5.58. The summed E-state index contributed by atoms with van der Waals surface area (Å²) < 4.78 is 0. The molecule has 82 valence electrons. The van der Waals surface area contributed by atoms with Gasteiger partial charge in [-0.05, 0) is 11.8 Å². The summed E-state index contributed by atoms with van der Waals surface area (Å²) in [6.07, 6.45) is 1.14. The molecule has 1 rings (SSSR count). The fraction of sp³-hybridized carbons (Fsp3) is 0.909. The number of nitrogens with one attached hydrogen (secondary N) is 1. The quantitative estimate of drug-likeness (QED) is 0.741. The van der Waals surface area contributed by atoms with Crippen molar-refractivity contribution in [2.75, 3.05) is 13.2 Å². The second kappa shape index (κ2) is 4.78. The Kier molecular flexibility index (Phi) is 3.93. The fourth-order valence-corrected chi connectivity index (χ4v) is 1.75. The minimum absolute atomic E-state index is 0.0408. The summed E-state index contributed by atoms with van der Waals surface area (Å²) in [6, 6.07) is 0.0408. The van der Waals surface area contributed by atoms with Crippen LogP contribution >= 0.6 is 0 Å². The van der Waals surface area contributed by atoms with Gasteiger partial charge in [0.2, 0.25) is 5.91 Å². The van der Waals surface area contributed by atoms with Gasteiger partial charge in [-0.25, -0.2) is 0 Å². The van der Waals surface area contributed by atoms with Gasteiger partial charge in [-0.2, -0.15) is 0 Å². The highest BCUT2D eigenvalue weighted by atomic mass is 16.2. The Bertz CT molecular complexity index is 203. The Morgan fingerprint density at radius 3 is 2.57 bits per heavy atom. The van der Waals surface area contributed by atoms with Crippen LogP contribution in [-0.2, 0) is 4.79 Å². The lowest BCUT2D eigenvalue weighted by atomic mass is 10.0. The number of hydrogen-bond donors (Lipinski definition) is 1. The van der Waals surface area contributed by atoms with E-state index in [4.69, 9.17) is 0 Å². The lowest BCUT2D eigenvalue weighted by molar-refractivity contribution is -0.130. The van der Waals surface area contributed by atoms with Crippen LogP contribution in [0, 0.1) is 11.8 Å². The van der Waals surface area contributed by atoms with E-state index in [1.807, 2.05) is 4.90 Å². The highest BCUT2D eigenvalue weighted by molar-refractivity contribution is 5.84. The third kappa shape index (κ3) is 2.47. The minimum atomic E-state index is 0.0408. The molecule has 0 aromatic carbocycles. The molecule has 0 bridgehead atoms. The van der Waals surface area contributed by atoms with Crippen molar-refractivity contribution in [2.24, 2.45) is 11.8 Å². The Labute approximate surface area is 86.9 Å². The normalized spacial score (nSPS) is 24.8. The van der Waals surface area contributed by atoms with Crippen molar-refractivity contribution >= 4 is 5.91 Å². The second-order valence-electron chi connectivity index (χ2n) is 4.66. The largest absolute Gasteiger partial charge is 0.328 e. The van der Waals surface area contributed by atoms with Crippen molar-refractivity contribution in [1.82, 2.24) is 10.2 Å². The van der Waals surface area contributed by atoms with Gasteiger partial charge in [0.15, 0.2) is 0 Å². The monoisotopic (exact) mass is 198 g/mol. The van der Waals surface area contributed by atoms with Gasteiger partial charge < -0.3 is 4.90 Å². The van der Waals surface area contributed by atoms with Crippen LogP contribution in [0.3, 0.4) is 0 Å². The zero-order valence-electron chi connectivity index (χ0n) is 9.71. The lowest BCUT2D eigenvalue weighted by Gasteiger charge is -2.20. The molecule has 0 saturated carbocycles. The number of carbonyl (C=O) groups is 1. The van der Waals surface area contributed by atoms with E-state index in [1.54, 1.807) is 0 Å². The summed E-state index contributed by atoms with van der Waals surface area (Å²) in [5, 5.41) is 3.26. The molecule has 3 heteroatoms. The van der Waals surface area contributed by atoms with Gasteiger partial charge in [0, 0.05) is 6.54 Å². The maximum atomic E-state index is 11.9. The first-order chi connectivity index (χ1) is 6.56. The van der Waals surface area contributed by atoms with Crippen LogP contribution < -0.4 is 5.32 Å². The third-order valence-corrected chi connectivity index (χ3v) is 2.98. The average molecular weight is 198 g/mol. The van der Waals surface area contributed by atoms with Gasteiger partial charge in [-0.1, -0.05) is 34.1 Å². The first kappa shape index (κ1) is 11.5. The lowest BCUT2D eigenvalue weighted by Crippen LogP contribution is -2.36. The maximum Gasteiger partial charge on any atom is 0.241 e. The molecule has 0 aromatic heterocycles. The van der Waals surface area contributed by atoms with Crippen molar-refractivity contribution in [3.63, 3.8) is 0 Å². The van der Waals surface area contributed by atoms with Crippen LogP contribution in [0.1, 0.15) is 34.1 Å². The van der Waals surface area contributed by atoms with Crippen molar-refractivity contribution in [3.05, 3.63) is 0 Å². The van der Waals surface area contributed by atoms with E-state index in [0.29, 0.717) is 11.8 Å². The standard InChI is InChI=1S/C11H22N2O/c1-5-9(4)6-13-7-12-10(8(2)3)11(13)14/h8-10,12H,5-7H2,1-4H3. The third-order valence-electron chi connectivity index (χ3n) is 2.98. The van der Waals surface area contributed by atoms with Gasteiger partial charge in [0.25, 0.3) is 0 Å². The Morgan fingerprint density at radius 2 is 2.14 bits per heavy atom. The number of amides is 1. The van der Waals surface area contributed by atoms with Crippen molar-refractivity contribution in [3.8, 4) is 0 Å². The molecule has 0 aliphatic carbocycles. The molecular weight excluding hydrogens is 176 g/mol. The molecule has 1 saturated heterocycles. The molecule has 1 aliphatic heterocycles. The fourth-order valence-electron chi connectivity index (χ4n) is 1.75. The summed E-state index contributed by atoms with van der Waals surface area (Å²) >= 11 is 0. The molecule has 3 nitrogen and oxygen atoms in total. The highest BCUT2D eigenvalue weighted by Gasteiger charge is 2.33. The van der Waals surface area contributed by atoms with Crippen molar-refractivity contribution < 1.29 is 4.79 Å². The van der Waals surface area contributed by atoms with E-state index in [2.05, 4.69) is 33.0 Å². The van der Waals surface area contributed by atoms with E-state index in [9.17, 15) is 4.79 Å². The van der Waals surface area contributed by atoms with Gasteiger partial charge in [-0.3, -0.25) is 10.1 Å². The molecule has 14 heavy (non-hydrogen) atoms. The summed E-state index contributed by atoms with van der Waals surface area (Å²) in [4.78, 5) is 13.8. The number of carbonyl (C=O) groups excluding carboxylic acids is 1. The van der Waals surface area contributed by atoms with Crippen molar-refractivity contribution in [2.45, 2.75) is 40.2 Å². The average Bonchev–Trinajstić information content (AvgIpc) is 2.48. The van der Waals surface area contributed by atoms with E-state index in [1.165, 1.54) is 0 Å². The predicted octanol–water partition coefficient (Wildman–Crippen LogP) is 1.45. The number of rotatable bonds is 4. The van der Waals surface area contributed by atoms with Gasteiger partial charge in [0.1, 0.15) is 0 Å². The zero-order chi connectivity index (χ0) is 10.7. The molecule has 1 fully saturated rings. The van der Waals surface area contributed by atoms with Crippen LogP contribution in [0.25, 0.3) is 0 Å². The molecule has 0 aromatic rings. The predicted molar refractivity (Wildman–Crippen MR) is 57.8 cm³/mol. The van der Waals surface area contributed by atoms with Crippen LogP contribution in [0.15, 0.2) is 0 Å². The van der Waals surface area contributed by atoms with Crippen LogP contribution in [0.2, 0.25) is 0 Å². The zero-order valence-corrected chi connectivity index (χ0v) is 9.71. The molecule has 1 heterocycles. The Balaban J connectivity index is 2.47. The first-order valence-corrected chi connectivity index (χ1v) is 5.58. The highest BCUT2D eigenvalue weighted by Crippen LogP contribution is 2.14. The SMILES string of the molecule is CCC(C)CN1CNC(C(C)C)C1=O. The van der Waals surface area contributed by atoms with Gasteiger partial charge in [-0.15, -0.1) is 0 Å². The Hall–Kier alpha value is -0.570. The summed E-state index contributed by atoms with van der Waals surface area (Å²) in [6.45, 7) is 10.1. The molecule has 2 atom stereocenters. The molecule has 0 radical (unpaired) electrons. The van der Waals surface area contributed by atoms with Gasteiger partial charge in [0.05, 0.1) is 12.7 Å². The number of hydrogen-bond acceptors (Lipinski definition) is 2. The van der Waals surface area contributed by atoms with E-state index in [0.717, 1.165) is 19.6 Å². The van der Waals surface area contributed by atoms with Crippen molar-refractivity contribution in [1.29, 1.82) is 0 Å². The molecule has 1 N–H and O–H groups in total. The summed E-state index contributed by atoms with van der Waals surface area (Å²) in [5.41, 5.74) is 0. The van der Waals surface area contributed by atoms with E-state index >= 15 is 0 Å². The molecule has 2 unspecified atom stereocenters. The molecule has 0 spiro atoms. The topological polar surface area (TPSA) is 32.3 Å². The smallest absolute Gasteiger partial charge is 0.241 e. The van der Waals surface area contributed by atoms with E-state index in [-0.39, 0.29) is 11.9 Å². The van der Waals surface area contributed by atoms with Gasteiger partial charge >= 0.3 is 0 Å². The summed E-state index contributed by atoms with van der Waals surface area (Å²) in [7, 11) is 0. The minimum Gasteiger partial charge on any atom is -0.328 e. The van der Waals surface area contributed by atoms with Crippen LogP contribution in [0.5, 0.6) is 0 Å². The maximum absolute atomic E-state index is 11.9.